The van der Waals surface area contributed by atoms with Crippen LogP contribution in [0.25, 0.3) is 0 Å². The van der Waals surface area contributed by atoms with Crippen LogP contribution < -0.4 is 9.46 Å². The Morgan fingerprint density at radius 3 is 2.44 bits per heavy atom. The van der Waals surface area contributed by atoms with Gasteiger partial charge >= 0.3 is 0 Å². The summed E-state index contributed by atoms with van der Waals surface area (Å²) in [4.78, 5) is 12.8. The number of hydrogen-bond acceptors (Lipinski definition) is 4. The molecule has 2 aromatic rings. The molecule has 6 heteroatoms. The second-order valence-electron chi connectivity index (χ2n) is 5.99. The summed E-state index contributed by atoms with van der Waals surface area (Å²) in [5, 5.41) is 0. The molecule has 1 N–H and O–H groups in total. The number of ether oxygens (including phenoxy) is 1. The Balaban J connectivity index is 1.96. The molecule has 3 rings (SSSR count). The third-order valence-electron chi connectivity index (χ3n) is 4.39. The molecule has 0 radical (unpaired) electrons. The molecule has 130 valence electrons. The second kappa shape index (κ2) is 6.46. The summed E-state index contributed by atoms with van der Waals surface area (Å²) in [7, 11) is -2.28. The van der Waals surface area contributed by atoms with Gasteiger partial charge in [-0.2, -0.15) is 4.72 Å². The lowest BCUT2D eigenvalue weighted by molar-refractivity contribution is 0.0963. The lowest BCUT2D eigenvalue weighted by Gasteiger charge is -2.17. The van der Waals surface area contributed by atoms with E-state index in [1.165, 1.54) is 12.1 Å². The van der Waals surface area contributed by atoms with Crippen LogP contribution in [0.5, 0.6) is 5.75 Å². The number of carbonyl (C=O) groups excluding carboxylic acids is 1. The van der Waals surface area contributed by atoms with E-state index in [4.69, 9.17) is 4.74 Å². The van der Waals surface area contributed by atoms with E-state index in [-0.39, 0.29) is 10.7 Å². The van der Waals surface area contributed by atoms with Crippen molar-refractivity contribution in [2.45, 2.75) is 23.8 Å². The van der Waals surface area contributed by atoms with Crippen LogP contribution >= 0.6 is 0 Å². The highest BCUT2D eigenvalue weighted by atomic mass is 32.2. The standard InChI is InChI=1S/C19H19NO4S/c1-4-15-17-11-13(24-3)7-10-16(17)19(21)18(15)20-25(22,23)14-8-5-12(2)6-9-14/h4-11,15,18,20H,1H2,2-3H3/t15-,18+/m1/s1. The molecular formula is C19H19NO4S. The molecule has 1 aliphatic rings. The van der Waals surface area contributed by atoms with Crippen LogP contribution in [0.2, 0.25) is 0 Å². The lowest BCUT2D eigenvalue weighted by atomic mass is 9.99. The molecule has 0 bridgehead atoms. The van der Waals surface area contributed by atoms with Gasteiger partial charge in [0.15, 0.2) is 5.78 Å². The molecule has 0 aromatic heterocycles. The summed E-state index contributed by atoms with van der Waals surface area (Å²) in [6, 6.07) is 10.7. The quantitative estimate of drug-likeness (QED) is 0.835. The fourth-order valence-electron chi connectivity index (χ4n) is 3.02. The van der Waals surface area contributed by atoms with Gasteiger partial charge in [-0.15, -0.1) is 6.58 Å². The smallest absolute Gasteiger partial charge is 0.241 e. The third kappa shape index (κ3) is 3.10. The number of rotatable bonds is 5. The van der Waals surface area contributed by atoms with Gasteiger partial charge in [0.2, 0.25) is 10.0 Å². The first-order chi connectivity index (χ1) is 11.9. The van der Waals surface area contributed by atoms with Gasteiger partial charge in [0.1, 0.15) is 5.75 Å². The van der Waals surface area contributed by atoms with Crippen LogP contribution in [0.3, 0.4) is 0 Å². The van der Waals surface area contributed by atoms with Gasteiger partial charge in [-0.1, -0.05) is 23.8 Å². The Morgan fingerprint density at radius 1 is 1.16 bits per heavy atom. The molecule has 0 saturated heterocycles. The van der Waals surface area contributed by atoms with Gasteiger partial charge in [0, 0.05) is 11.5 Å². The maximum Gasteiger partial charge on any atom is 0.241 e. The predicted molar refractivity (Wildman–Crippen MR) is 95.6 cm³/mol. The van der Waals surface area contributed by atoms with E-state index in [2.05, 4.69) is 11.3 Å². The lowest BCUT2D eigenvalue weighted by Crippen LogP contribution is -2.40. The van der Waals surface area contributed by atoms with Crippen molar-refractivity contribution < 1.29 is 17.9 Å². The maximum atomic E-state index is 12.7. The highest BCUT2D eigenvalue weighted by Crippen LogP contribution is 2.37. The van der Waals surface area contributed by atoms with E-state index in [0.29, 0.717) is 11.3 Å². The minimum Gasteiger partial charge on any atom is -0.497 e. The Morgan fingerprint density at radius 2 is 1.84 bits per heavy atom. The molecule has 0 fully saturated rings. The van der Waals surface area contributed by atoms with Crippen molar-refractivity contribution in [2.24, 2.45) is 0 Å². The number of ketones is 1. The van der Waals surface area contributed by atoms with Gasteiger partial charge in [-0.3, -0.25) is 4.79 Å². The van der Waals surface area contributed by atoms with Gasteiger partial charge < -0.3 is 4.74 Å². The number of sulfonamides is 1. The molecule has 0 heterocycles. The van der Waals surface area contributed by atoms with Gasteiger partial charge in [0.25, 0.3) is 0 Å². The molecule has 5 nitrogen and oxygen atoms in total. The topological polar surface area (TPSA) is 72.5 Å². The van der Waals surface area contributed by atoms with Gasteiger partial charge in [-0.25, -0.2) is 8.42 Å². The normalized spacial score (nSPS) is 19.5. The van der Waals surface area contributed by atoms with Crippen molar-refractivity contribution in [3.63, 3.8) is 0 Å². The number of Topliss-reactive ketones (excluding diaryl/α,β-unsaturated/α-hetero) is 1. The van der Waals surface area contributed by atoms with Crippen molar-refractivity contribution in [2.75, 3.05) is 7.11 Å². The molecule has 2 atom stereocenters. The van der Waals surface area contributed by atoms with Gasteiger partial charge in [0.05, 0.1) is 18.0 Å². The summed E-state index contributed by atoms with van der Waals surface area (Å²) in [6.45, 7) is 5.65. The summed E-state index contributed by atoms with van der Waals surface area (Å²) >= 11 is 0. The zero-order valence-electron chi connectivity index (χ0n) is 14.0. The number of carbonyl (C=O) groups is 1. The molecule has 0 unspecified atom stereocenters. The Hall–Kier alpha value is -2.44. The van der Waals surface area contributed by atoms with Crippen molar-refractivity contribution in [1.82, 2.24) is 4.72 Å². The van der Waals surface area contributed by atoms with Crippen LogP contribution in [0.1, 0.15) is 27.4 Å². The Labute approximate surface area is 147 Å². The molecule has 0 aliphatic heterocycles. The molecule has 25 heavy (non-hydrogen) atoms. The maximum absolute atomic E-state index is 12.7. The number of methoxy groups -OCH3 is 1. The summed E-state index contributed by atoms with van der Waals surface area (Å²) in [5.74, 6) is -0.100. The summed E-state index contributed by atoms with van der Waals surface area (Å²) in [6.07, 6.45) is 1.59. The van der Waals surface area contributed by atoms with Crippen LogP contribution in [0.4, 0.5) is 0 Å². The zero-order chi connectivity index (χ0) is 18.2. The fourth-order valence-corrected chi connectivity index (χ4v) is 4.24. The summed E-state index contributed by atoms with van der Waals surface area (Å²) < 4.78 is 33.1. The summed E-state index contributed by atoms with van der Waals surface area (Å²) in [5.41, 5.74) is 2.16. The minimum absolute atomic E-state index is 0.127. The van der Waals surface area contributed by atoms with Crippen LogP contribution in [-0.4, -0.2) is 27.4 Å². The largest absolute Gasteiger partial charge is 0.497 e. The second-order valence-corrected chi connectivity index (χ2v) is 7.70. The van der Waals surface area contributed by atoms with E-state index in [1.807, 2.05) is 6.92 Å². The fraction of sp³-hybridized carbons (Fsp3) is 0.211. The molecular weight excluding hydrogens is 338 g/mol. The SMILES string of the molecule is C=C[C@@H]1c2cc(OC)ccc2C(=O)[C@H]1NS(=O)(=O)c1ccc(C)cc1. The average molecular weight is 357 g/mol. The van der Waals surface area contributed by atoms with Crippen LogP contribution in [0.15, 0.2) is 60.0 Å². The average Bonchev–Trinajstić information content (AvgIpc) is 2.85. The predicted octanol–water partition coefficient (Wildman–Crippen LogP) is 2.82. The zero-order valence-corrected chi connectivity index (χ0v) is 14.8. The molecule has 1 aliphatic carbocycles. The van der Waals surface area contributed by atoms with Crippen molar-refractivity contribution in [3.05, 3.63) is 71.8 Å². The molecule has 0 spiro atoms. The van der Waals surface area contributed by atoms with Crippen LogP contribution in [0, 0.1) is 6.92 Å². The van der Waals surface area contributed by atoms with Crippen molar-refractivity contribution in [3.8, 4) is 5.75 Å². The van der Waals surface area contributed by atoms with Gasteiger partial charge in [-0.05, 0) is 42.8 Å². The molecule has 2 aromatic carbocycles. The van der Waals surface area contributed by atoms with Crippen molar-refractivity contribution in [1.29, 1.82) is 0 Å². The molecule has 0 saturated carbocycles. The highest BCUT2D eigenvalue weighted by Gasteiger charge is 2.40. The van der Waals surface area contributed by atoms with E-state index in [0.717, 1.165) is 11.1 Å². The van der Waals surface area contributed by atoms with E-state index in [9.17, 15) is 13.2 Å². The van der Waals surface area contributed by atoms with Crippen molar-refractivity contribution >= 4 is 15.8 Å². The first-order valence-electron chi connectivity index (χ1n) is 7.81. The first-order valence-corrected chi connectivity index (χ1v) is 9.29. The minimum atomic E-state index is -3.82. The highest BCUT2D eigenvalue weighted by molar-refractivity contribution is 7.89. The molecule has 0 amide bonds. The van der Waals surface area contributed by atoms with E-state index < -0.39 is 22.0 Å². The van der Waals surface area contributed by atoms with E-state index in [1.54, 1.807) is 43.5 Å². The Kier molecular flexibility index (Phi) is 4.49. The third-order valence-corrected chi connectivity index (χ3v) is 5.85. The number of nitrogens with one attached hydrogen (secondary N) is 1. The van der Waals surface area contributed by atoms with Crippen LogP contribution in [-0.2, 0) is 10.0 Å². The number of hydrogen-bond donors (Lipinski definition) is 1. The first kappa shape index (κ1) is 17.4. The number of benzene rings is 2. The monoisotopic (exact) mass is 357 g/mol. The Bertz CT molecular complexity index is 932. The van der Waals surface area contributed by atoms with E-state index >= 15 is 0 Å². The number of fused-ring (bicyclic) bond motifs is 1. The number of aryl methyl sites for hydroxylation is 1.